The monoisotopic (exact) mass is 292 g/mol. The fourth-order valence-electron chi connectivity index (χ4n) is 3.39. The lowest BCUT2D eigenvalue weighted by Crippen LogP contribution is -2.45. The van der Waals surface area contributed by atoms with Gasteiger partial charge in [-0.1, -0.05) is 0 Å². The van der Waals surface area contributed by atoms with Crippen LogP contribution < -0.4 is 0 Å². The van der Waals surface area contributed by atoms with E-state index in [4.69, 9.17) is 9.15 Å². The molecule has 0 bridgehead atoms. The quantitative estimate of drug-likeness (QED) is 0.853. The standard InChI is InChI=1S/C16H24N2O3/c1-17(2)15(19)14-5-6-16(21-14)7-9-18(10-8-16)12-13-4-3-11-20-13/h3-4,11,14H,5-10,12H2,1-2H3. The molecule has 1 aromatic heterocycles. The van der Waals surface area contributed by atoms with E-state index >= 15 is 0 Å². The van der Waals surface area contributed by atoms with Crippen LogP contribution in [0.4, 0.5) is 0 Å². The molecular weight excluding hydrogens is 268 g/mol. The highest BCUT2D eigenvalue weighted by molar-refractivity contribution is 5.80. The maximum Gasteiger partial charge on any atom is 0.251 e. The van der Waals surface area contributed by atoms with Crippen molar-refractivity contribution in [1.82, 2.24) is 9.80 Å². The summed E-state index contributed by atoms with van der Waals surface area (Å²) in [5, 5.41) is 0. The number of rotatable bonds is 3. The van der Waals surface area contributed by atoms with E-state index in [1.54, 1.807) is 25.3 Å². The average Bonchev–Trinajstić information content (AvgIpc) is 3.11. The van der Waals surface area contributed by atoms with E-state index in [0.29, 0.717) is 0 Å². The highest BCUT2D eigenvalue weighted by atomic mass is 16.5. The summed E-state index contributed by atoms with van der Waals surface area (Å²) in [4.78, 5) is 16.1. The highest BCUT2D eigenvalue weighted by Gasteiger charge is 2.44. The molecule has 2 saturated heterocycles. The molecule has 2 fully saturated rings. The predicted octanol–water partition coefficient (Wildman–Crippen LogP) is 1.88. The molecule has 3 rings (SSSR count). The first-order chi connectivity index (χ1) is 10.1. The molecule has 0 radical (unpaired) electrons. The summed E-state index contributed by atoms with van der Waals surface area (Å²) in [5.74, 6) is 1.11. The summed E-state index contributed by atoms with van der Waals surface area (Å²) in [6.07, 6.45) is 5.35. The van der Waals surface area contributed by atoms with Gasteiger partial charge in [0.05, 0.1) is 18.4 Å². The minimum Gasteiger partial charge on any atom is -0.468 e. The van der Waals surface area contributed by atoms with Crippen LogP contribution in [0, 0.1) is 0 Å². The van der Waals surface area contributed by atoms with Gasteiger partial charge in [-0.25, -0.2) is 0 Å². The topological polar surface area (TPSA) is 45.9 Å². The zero-order chi connectivity index (χ0) is 14.9. The number of carbonyl (C=O) groups excluding carboxylic acids is 1. The van der Waals surface area contributed by atoms with Crippen molar-refractivity contribution in [3.05, 3.63) is 24.2 Å². The number of carbonyl (C=O) groups is 1. The molecule has 1 atom stereocenters. The van der Waals surface area contributed by atoms with Crippen LogP contribution >= 0.6 is 0 Å². The molecule has 5 nitrogen and oxygen atoms in total. The van der Waals surface area contributed by atoms with Gasteiger partial charge in [0.2, 0.25) is 0 Å². The molecule has 116 valence electrons. The third-order valence-corrected chi connectivity index (χ3v) is 4.70. The number of likely N-dealkylation sites (tertiary alicyclic amines) is 1. The number of amides is 1. The Hall–Kier alpha value is -1.33. The minimum absolute atomic E-state index is 0.0734. The highest BCUT2D eigenvalue weighted by Crippen LogP contribution is 2.39. The predicted molar refractivity (Wildman–Crippen MR) is 78.8 cm³/mol. The molecule has 1 unspecified atom stereocenters. The van der Waals surface area contributed by atoms with Crippen LogP contribution in [0.2, 0.25) is 0 Å². The fourth-order valence-corrected chi connectivity index (χ4v) is 3.39. The van der Waals surface area contributed by atoms with Crippen LogP contribution in [-0.4, -0.2) is 54.6 Å². The molecule has 1 amide bonds. The van der Waals surface area contributed by atoms with E-state index in [0.717, 1.165) is 51.1 Å². The van der Waals surface area contributed by atoms with Gasteiger partial charge in [-0.15, -0.1) is 0 Å². The second-order valence-electron chi connectivity index (χ2n) is 6.42. The SMILES string of the molecule is CN(C)C(=O)C1CCC2(CCN(Cc3ccco3)CC2)O1. The number of nitrogens with zero attached hydrogens (tertiary/aromatic N) is 2. The average molecular weight is 292 g/mol. The van der Waals surface area contributed by atoms with Gasteiger partial charge in [0.15, 0.2) is 0 Å². The van der Waals surface area contributed by atoms with E-state index in [1.807, 2.05) is 12.1 Å². The van der Waals surface area contributed by atoms with Gasteiger partial charge in [0.25, 0.3) is 5.91 Å². The Morgan fingerprint density at radius 3 is 2.76 bits per heavy atom. The third kappa shape index (κ3) is 3.14. The van der Waals surface area contributed by atoms with E-state index < -0.39 is 0 Å². The summed E-state index contributed by atoms with van der Waals surface area (Å²) in [7, 11) is 3.59. The molecule has 2 aliphatic heterocycles. The Morgan fingerprint density at radius 1 is 1.38 bits per heavy atom. The molecule has 1 spiro atoms. The van der Waals surface area contributed by atoms with Crippen molar-refractivity contribution >= 4 is 5.91 Å². The van der Waals surface area contributed by atoms with E-state index in [9.17, 15) is 4.79 Å². The molecule has 3 heterocycles. The maximum atomic E-state index is 12.0. The molecule has 0 aliphatic carbocycles. The van der Waals surface area contributed by atoms with Crippen LogP contribution in [0.25, 0.3) is 0 Å². The molecule has 0 aromatic carbocycles. The Balaban J connectivity index is 1.52. The zero-order valence-corrected chi connectivity index (χ0v) is 12.9. The normalized spacial score (nSPS) is 25.3. The van der Waals surface area contributed by atoms with Crippen LogP contribution in [0.1, 0.15) is 31.4 Å². The van der Waals surface area contributed by atoms with Crippen molar-refractivity contribution in [2.24, 2.45) is 0 Å². The molecule has 0 saturated carbocycles. The number of hydrogen-bond donors (Lipinski definition) is 0. The second kappa shape index (κ2) is 5.81. The molecular formula is C16H24N2O3. The van der Waals surface area contributed by atoms with E-state index in [2.05, 4.69) is 4.90 Å². The maximum absolute atomic E-state index is 12.0. The first kappa shape index (κ1) is 14.6. The van der Waals surface area contributed by atoms with Gasteiger partial charge >= 0.3 is 0 Å². The van der Waals surface area contributed by atoms with Crippen molar-refractivity contribution < 1.29 is 13.9 Å². The van der Waals surface area contributed by atoms with Crippen LogP contribution in [0.15, 0.2) is 22.8 Å². The zero-order valence-electron chi connectivity index (χ0n) is 12.9. The number of likely N-dealkylation sites (N-methyl/N-ethyl adjacent to an activating group) is 1. The van der Waals surface area contributed by atoms with Gasteiger partial charge in [-0.05, 0) is 37.8 Å². The van der Waals surface area contributed by atoms with Gasteiger partial charge in [-0.2, -0.15) is 0 Å². The van der Waals surface area contributed by atoms with Gasteiger partial charge in [0.1, 0.15) is 11.9 Å². The summed E-state index contributed by atoms with van der Waals surface area (Å²) in [6.45, 7) is 2.87. The van der Waals surface area contributed by atoms with Crippen molar-refractivity contribution in [2.75, 3.05) is 27.2 Å². The van der Waals surface area contributed by atoms with Crippen molar-refractivity contribution in [2.45, 2.75) is 43.9 Å². The Labute approximate surface area is 125 Å². The second-order valence-corrected chi connectivity index (χ2v) is 6.42. The third-order valence-electron chi connectivity index (χ3n) is 4.70. The van der Waals surface area contributed by atoms with Crippen LogP contribution in [0.5, 0.6) is 0 Å². The van der Waals surface area contributed by atoms with Crippen molar-refractivity contribution in [1.29, 1.82) is 0 Å². The Bertz CT molecular complexity index is 476. The first-order valence-electron chi connectivity index (χ1n) is 7.72. The molecule has 2 aliphatic rings. The molecule has 0 N–H and O–H groups in total. The molecule has 5 heteroatoms. The van der Waals surface area contributed by atoms with Crippen molar-refractivity contribution in [3.8, 4) is 0 Å². The van der Waals surface area contributed by atoms with Crippen LogP contribution in [-0.2, 0) is 16.1 Å². The summed E-state index contributed by atoms with van der Waals surface area (Å²) in [6, 6.07) is 3.94. The van der Waals surface area contributed by atoms with Crippen LogP contribution in [0.3, 0.4) is 0 Å². The largest absolute Gasteiger partial charge is 0.468 e. The Kier molecular flexibility index (Phi) is 4.04. The summed E-state index contributed by atoms with van der Waals surface area (Å²) >= 11 is 0. The van der Waals surface area contributed by atoms with E-state index in [-0.39, 0.29) is 17.6 Å². The van der Waals surface area contributed by atoms with Gasteiger partial charge in [0, 0.05) is 27.2 Å². The summed E-state index contributed by atoms with van der Waals surface area (Å²) in [5.41, 5.74) is -0.0734. The van der Waals surface area contributed by atoms with Crippen molar-refractivity contribution in [3.63, 3.8) is 0 Å². The van der Waals surface area contributed by atoms with E-state index in [1.165, 1.54) is 0 Å². The first-order valence-corrected chi connectivity index (χ1v) is 7.72. The lowest BCUT2D eigenvalue weighted by Gasteiger charge is -2.38. The Morgan fingerprint density at radius 2 is 2.14 bits per heavy atom. The minimum atomic E-state index is -0.239. The lowest BCUT2D eigenvalue weighted by atomic mass is 9.88. The van der Waals surface area contributed by atoms with Gasteiger partial charge in [-0.3, -0.25) is 9.69 Å². The van der Waals surface area contributed by atoms with Gasteiger partial charge < -0.3 is 14.1 Å². The molecule has 21 heavy (non-hydrogen) atoms. The number of furan rings is 1. The summed E-state index contributed by atoms with van der Waals surface area (Å²) < 4.78 is 11.6. The smallest absolute Gasteiger partial charge is 0.251 e. The number of ether oxygens (including phenoxy) is 1. The lowest BCUT2D eigenvalue weighted by molar-refractivity contribution is -0.148. The fraction of sp³-hybridized carbons (Fsp3) is 0.688. The molecule has 1 aromatic rings. The number of piperidine rings is 1. The number of hydrogen-bond acceptors (Lipinski definition) is 4.